The normalized spacial score (nSPS) is 10.5. The molecule has 1 aromatic heterocycles. The van der Waals surface area contributed by atoms with Gasteiger partial charge in [0.15, 0.2) is 5.05 Å². The Balaban J connectivity index is 2.75. The number of hydrogen-bond acceptors (Lipinski definition) is 2. The third-order valence-corrected chi connectivity index (χ3v) is 3.67. The van der Waals surface area contributed by atoms with Crippen LogP contribution >= 0.6 is 35.2 Å². The van der Waals surface area contributed by atoms with Crippen molar-refractivity contribution in [3.8, 4) is 0 Å². The molecule has 1 heterocycles. The summed E-state index contributed by atoms with van der Waals surface area (Å²) in [5, 5.41) is 10.8. The predicted molar refractivity (Wildman–Crippen MR) is 61.2 cm³/mol. The van der Waals surface area contributed by atoms with Gasteiger partial charge in [0.1, 0.15) is 0 Å². The maximum atomic E-state index is 9.11. The smallest absolute Gasteiger partial charge is 0.198 e. The molecule has 0 aliphatic heterocycles. The highest BCUT2D eigenvalue weighted by atomic mass is 35.5. The van der Waals surface area contributed by atoms with Crippen molar-refractivity contribution < 1.29 is 5.11 Å². The van der Waals surface area contributed by atoms with E-state index in [-0.39, 0.29) is 5.05 Å². The zero-order chi connectivity index (χ0) is 9.42. The van der Waals surface area contributed by atoms with Crippen LogP contribution in [0.2, 0.25) is 5.02 Å². The third kappa shape index (κ3) is 1.55. The number of halogens is 1. The minimum absolute atomic E-state index is 0.0720. The first kappa shape index (κ1) is 8.94. The van der Waals surface area contributed by atoms with Crippen molar-refractivity contribution >= 4 is 50.3 Å². The van der Waals surface area contributed by atoms with Crippen molar-refractivity contribution in [3.05, 3.63) is 34.2 Å². The molecule has 0 saturated carbocycles. The summed E-state index contributed by atoms with van der Waals surface area (Å²) >= 11 is 12.0. The number of fused-ring (bicyclic) bond motifs is 1. The zero-order valence-corrected chi connectivity index (χ0v) is 8.84. The molecule has 0 unspecified atom stereocenters. The minimum Gasteiger partial charge on any atom is -0.498 e. The first-order valence-corrected chi connectivity index (χ1v) is 5.20. The van der Waals surface area contributed by atoms with E-state index in [1.165, 1.54) is 11.3 Å². The summed E-state index contributed by atoms with van der Waals surface area (Å²) in [4.78, 5) is 0.693. The molecule has 66 valence electrons. The molecular formula is C9H5ClOS2. The van der Waals surface area contributed by atoms with Crippen molar-refractivity contribution in [2.24, 2.45) is 0 Å². The van der Waals surface area contributed by atoms with Crippen LogP contribution in [0, 0.1) is 0 Å². The van der Waals surface area contributed by atoms with Gasteiger partial charge in [-0.1, -0.05) is 23.7 Å². The Bertz CT molecular complexity index is 475. The van der Waals surface area contributed by atoms with Crippen LogP contribution < -0.4 is 0 Å². The van der Waals surface area contributed by atoms with Crippen LogP contribution in [-0.4, -0.2) is 10.2 Å². The highest BCUT2D eigenvalue weighted by molar-refractivity contribution is 7.80. The van der Waals surface area contributed by atoms with Crippen molar-refractivity contribution in [3.63, 3.8) is 0 Å². The second-order valence-corrected chi connectivity index (χ2v) is 4.42. The van der Waals surface area contributed by atoms with E-state index < -0.39 is 0 Å². The van der Waals surface area contributed by atoms with E-state index in [4.69, 9.17) is 16.7 Å². The number of benzene rings is 1. The molecule has 0 atom stereocenters. The molecule has 1 aromatic carbocycles. The summed E-state index contributed by atoms with van der Waals surface area (Å²) in [7, 11) is 0. The molecule has 2 aromatic rings. The van der Waals surface area contributed by atoms with E-state index in [9.17, 15) is 0 Å². The maximum Gasteiger partial charge on any atom is 0.198 e. The second kappa shape index (κ2) is 3.25. The Hall–Kier alpha value is -0.640. The molecule has 13 heavy (non-hydrogen) atoms. The van der Waals surface area contributed by atoms with Crippen LogP contribution in [0.4, 0.5) is 0 Å². The molecule has 0 aliphatic carbocycles. The SMILES string of the molecule is OC(=S)c1cc2cccc(Cl)c2s1. The van der Waals surface area contributed by atoms with Crippen LogP contribution in [0.5, 0.6) is 0 Å². The molecule has 0 saturated heterocycles. The quantitative estimate of drug-likeness (QED) is 0.750. The van der Waals surface area contributed by atoms with Crippen LogP contribution in [0.3, 0.4) is 0 Å². The van der Waals surface area contributed by atoms with Gasteiger partial charge in [-0.15, -0.1) is 11.3 Å². The van der Waals surface area contributed by atoms with Crippen LogP contribution in [0.15, 0.2) is 24.3 Å². The van der Waals surface area contributed by atoms with Crippen LogP contribution in [0.1, 0.15) is 4.88 Å². The molecule has 0 fully saturated rings. The maximum absolute atomic E-state index is 9.11. The number of hydrogen-bond donors (Lipinski definition) is 1. The summed E-state index contributed by atoms with van der Waals surface area (Å²) in [5.74, 6) is 0. The summed E-state index contributed by atoms with van der Waals surface area (Å²) in [5.41, 5.74) is 0. The van der Waals surface area contributed by atoms with Gasteiger partial charge >= 0.3 is 0 Å². The Morgan fingerprint density at radius 2 is 2.23 bits per heavy atom. The van der Waals surface area contributed by atoms with Gasteiger partial charge in [-0.2, -0.15) is 0 Å². The Kier molecular flexibility index (Phi) is 2.24. The lowest BCUT2D eigenvalue weighted by molar-refractivity contribution is 0.572. The summed E-state index contributed by atoms with van der Waals surface area (Å²) in [6.07, 6.45) is 0. The highest BCUT2D eigenvalue weighted by Crippen LogP contribution is 2.31. The lowest BCUT2D eigenvalue weighted by Gasteiger charge is -1.89. The first-order valence-electron chi connectivity index (χ1n) is 3.60. The van der Waals surface area contributed by atoms with E-state index in [2.05, 4.69) is 12.2 Å². The van der Waals surface area contributed by atoms with Crippen LogP contribution in [0.25, 0.3) is 10.1 Å². The van der Waals surface area contributed by atoms with Crippen molar-refractivity contribution in [2.45, 2.75) is 0 Å². The first-order chi connectivity index (χ1) is 6.18. The van der Waals surface area contributed by atoms with E-state index in [1.807, 2.05) is 24.3 Å². The van der Waals surface area contributed by atoms with Gasteiger partial charge in [0, 0.05) is 0 Å². The van der Waals surface area contributed by atoms with Gasteiger partial charge in [0.2, 0.25) is 0 Å². The fourth-order valence-corrected chi connectivity index (χ4v) is 2.52. The van der Waals surface area contributed by atoms with E-state index in [0.29, 0.717) is 9.90 Å². The number of thiophene rings is 1. The molecule has 0 amide bonds. The van der Waals surface area contributed by atoms with Crippen LogP contribution in [-0.2, 0) is 0 Å². The number of thiocarbonyl (C=S) groups is 1. The van der Waals surface area contributed by atoms with E-state index in [1.54, 1.807) is 0 Å². The fraction of sp³-hybridized carbons (Fsp3) is 0. The summed E-state index contributed by atoms with van der Waals surface area (Å²) in [6.45, 7) is 0. The lowest BCUT2D eigenvalue weighted by atomic mass is 10.2. The van der Waals surface area contributed by atoms with Gasteiger partial charge in [0.05, 0.1) is 14.6 Å². The lowest BCUT2D eigenvalue weighted by Crippen LogP contribution is -1.87. The van der Waals surface area contributed by atoms with Gasteiger partial charge in [-0.05, 0) is 29.7 Å². The molecule has 0 radical (unpaired) electrons. The Labute approximate surface area is 89.6 Å². The minimum atomic E-state index is -0.0720. The molecule has 0 spiro atoms. The second-order valence-electron chi connectivity index (χ2n) is 2.57. The fourth-order valence-electron chi connectivity index (χ4n) is 1.13. The summed E-state index contributed by atoms with van der Waals surface area (Å²) in [6, 6.07) is 7.49. The van der Waals surface area contributed by atoms with Gasteiger partial charge < -0.3 is 5.11 Å². The summed E-state index contributed by atoms with van der Waals surface area (Å²) < 4.78 is 0.968. The van der Waals surface area contributed by atoms with Crippen molar-refractivity contribution in [2.75, 3.05) is 0 Å². The van der Waals surface area contributed by atoms with Crippen molar-refractivity contribution in [1.29, 1.82) is 0 Å². The molecule has 4 heteroatoms. The monoisotopic (exact) mass is 228 g/mol. The molecule has 0 bridgehead atoms. The van der Waals surface area contributed by atoms with E-state index in [0.717, 1.165) is 10.1 Å². The Morgan fingerprint density at radius 3 is 2.85 bits per heavy atom. The van der Waals surface area contributed by atoms with Crippen molar-refractivity contribution in [1.82, 2.24) is 0 Å². The zero-order valence-electron chi connectivity index (χ0n) is 6.45. The molecule has 2 rings (SSSR count). The number of aliphatic hydroxyl groups excluding tert-OH is 1. The van der Waals surface area contributed by atoms with Gasteiger partial charge in [-0.25, -0.2) is 0 Å². The number of aliphatic hydroxyl groups is 1. The third-order valence-electron chi connectivity index (χ3n) is 1.71. The van der Waals surface area contributed by atoms with Gasteiger partial charge in [0.25, 0.3) is 0 Å². The molecular weight excluding hydrogens is 224 g/mol. The predicted octanol–water partition coefficient (Wildman–Crippen LogP) is 3.79. The Morgan fingerprint density at radius 1 is 1.46 bits per heavy atom. The van der Waals surface area contributed by atoms with E-state index >= 15 is 0 Å². The number of rotatable bonds is 1. The average Bonchev–Trinajstić information content (AvgIpc) is 2.49. The highest BCUT2D eigenvalue weighted by Gasteiger charge is 2.06. The molecule has 0 aliphatic rings. The standard InChI is InChI=1S/C9H5ClOS2/c10-6-3-1-2-5-4-7(9(11)12)13-8(5)6/h1-4H,(H,11,12). The largest absolute Gasteiger partial charge is 0.498 e. The topological polar surface area (TPSA) is 20.2 Å². The van der Waals surface area contributed by atoms with Gasteiger partial charge in [-0.3, -0.25) is 0 Å². The molecule has 1 N–H and O–H groups in total. The molecule has 1 nitrogen and oxygen atoms in total. The average molecular weight is 229 g/mol.